The number of piperazine rings is 1. The molecule has 2 heterocycles. The summed E-state index contributed by atoms with van der Waals surface area (Å²) in [6.07, 6.45) is 2.78. The fourth-order valence-corrected chi connectivity index (χ4v) is 3.44. The standard InChI is InChI=1S/C18H21N3O3/c22-16-11-14-9-12(1-4-15(14)19-16)10-17(23)20-5-7-21(8-6-20)18(24)13-2-3-13/h1,4,9,13H,2-3,5-8,10-11H2,(H,19,22). The van der Waals surface area contributed by atoms with E-state index in [9.17, 15) is 14.4 Å². The zero-order valence-electron chi connectivity index (χ0n) is 13.6. The fourth-order valence-electron chi connectivity index (χ4n) is 3.44. The summed E-state index contributed by atoms with van der Waals surface area (Å²) in [6, 6.07) is 5.71. The highest BCUT2D eigenvalue weighted by molar-refractivity contribution is 5.99. The van der Waals surface area contributed by atoms with Crippen LogP contribution in [0.2, 0.25) is 0 Å². The molecule has 24 heavy (non-hydrogen) atoms. The van der Waals surface area contributed by atoms with Crippen LogP contribution in [0.15, 0.2) is 18.2 Å². The highest BCUT2D eigenvalue weighted by atomic mass is 16.2. The molecule has 6 nitrogen and oxygen atoms in total. The van der Waals surface area contributed by atoms with Gasteiger partial charge in [0.05, 0.1) is 12.8 Å². The van der Waals surface area contributed by atoms with Crippen molar-refractivity contribution in [1.82, 2.24) is 9.80 Å². The van der Waals surface area contributed by atoms with E-state index < -0.39 is 0 Å². The number of hydrogen-bond acceptors (Lipinski definition) is 3. The summed E-state index contributed by atoms with van der Waals surface area (Å²) >= 11 is 0. The SMILES string of the molecule is O=C1Cc2cc(CC(=O)N3CCN(C(=O)C4CC4)CC3)ccc2N1. The molecule has 0 spiro atoms. The average Bonchev–Trinajstić information content (AvgIpc) is 3.36. The van der Waals surface area contributed by atoms with E-state index in [0.29, 0.717) is 39.0 Å². The number of carbonyl (C=O) groups is 3. The van der Waals surface area contributed by atoms with Gasteiger partial charge in [0.2, 0.25) is 17.7 Å². The lowest BCUT2D eigenvalue weighted by molar-refractivity contribution is -0.140. The number of anilines is 1. The first-order chi connectivity index (χ1) is 11.6. The van der Waals surface area contributed by atoms with E-state index in [2.05, 4.69) is 5.32 Å². The van der Waals surface area contributed by atoms with Crippen LogP contribution in [0.3, 0.4) is 0 Å². The van der Waals surface area contributed by atoms with Crippen LogP contribution < -0.4 is 5.32 Å². The summed E-state index contributed by atoms with van der Waals surface area (Å²) in [5.74, 6) is 0.601. The molecule has 1 aliphatic carbocycles. The Hall–Kier alpha value is -2.37. The zero-order chi connectivity index (χ0) is 16.7. The van der Waals surface area contributed by atoms with E-state index >= 15 is 0 Å². The molecule has 1 aromatic carbocycles. The van der Waals surface area contributed by atoms with Gasteiger partial charge in [-0.05, 0) is 30.0 Å². The number of nitrogens with one attached hydrogen (secondary N) is 1. The lowest BCUT2D eigenvalue weighted by Crippen LogP contribution is -2.51. The van der Waals surface area contributed by atoms with Crippen LogP contribution in [-0.4, -0.2) is 53.7 Å². The molecule has 0 unspecified atom stereocenters. The molecular formula is C18H21N3O3. The van der Waals surface area contributed by atoms with Crippen molar-refractivity contribution in [3.05, 3.63) is 29.3 Å². The van der Waals surface area contributed by atoms with Crippen molar-refractivity contribution in [2.45, 2.75) is 25.7 Å². The molecule has 126 valence electrons. The van der Waals surface area contributed by atoms with Crippen LogP contribution in [0, 0.1) is 5.92 Å². The van der Waals surface area contributed by atoms with Crippen molar-refractivity contribution in [1.29, 1.82) is 0 Å². The fraction of sp³-hybridized carbons (Fsp3) is 0.500. The molecule has 4 rings (SSSR count). The van der Waals surface area contributed by atoms with Crippen molar-refractivity contribution in [3.8, 4) is 0 Å². The van der Waals surface area contributed by atoms with E-state index in [4.69, 9.17) is 0 Å². The van der Waals surface area contributed by atoms with Gasteiger partial charge in [-0.15, -0.1) is 0 Å². The van der Waals surface area contributed by atoms with Gasteiger partial charge in [0.15, 0.2) is 0 Å². The lowest BCUT2D eigenvalue weighted by atomic mass is 10.1. The van der Waals surface area contributed by atoms with Gasteiger partial charge in [0.1, 0.15) is 0 Å². The molecule has 0 atom stereocenters. The third-order valence-corrected chi connectivity index (χ3v) is 5.02. The smallest absolute Gasteiger partial charge is 0.228 e. The number of fused-ring (bicyclic) bond motifs is 1. The minimum atomic E-state index is 0.00456. The summed E-state index contributed by atoms with van der Waals surface area (Å²) < 4.78 is 0. The predicted molar refractivity (Wildman–Crippen MR) is 88.4 cm³/mol. The van der Waals surface area contributed by atoms with Gasteiger partial charge < -0.3 is 15.1 Å². The van der Waals surface area contributed by atoms with E-state index in [-0.39, 0.29) is 23.6 Å². The predicted octanol–water partition coefficient (Wildman–Crippen LogP) is 0.804. The first kappa shape index (κ1) is 15.2. The Bertz CT molecular complexity index is 703. The number of benzene rings is 1. The van der Waals surface area contributed by atoms with Gasteiger partial charge in [-0.3, -0.25) is 14.4 Å². The van der Waals surface area contributed by atoms with Gasteiger partial charge in [0, 0.05) is 37.8 Å². The molecular weight excluding hydrogens is 306 g/mol. The second kappa shape index (κ2) is 5.92. The van der Waals surface area contributed by atoms with Gasteiger partial charge >= 0.3 is 0 Å². The monoisotopic (exact) mass is 327 g/mol. The molecule has 0 aromatic heterocycles. The second-order valence-corrected chi connectivity index (χ2v) is 6.87. The highest BCUT2D eigenvalue weighted by Gasteiger charge is 2.35. The molecule has 1 saturated carbocycles. The molecule has 0 bridgehead atoms. The van der Waals surface area contributed by atoms with E-state index in [0.717, 1.165) is 29.7 Å². The summed E-state index contributed by atoms with van der Waals surface area (Å²) in [7, 11) is 0. The van der Waals surface area contributed by atoms with Gasteiger partial charge in [0.25, 0.3) is 0 Å². The van der Waals surface area contributed by atoms with Crippen LogP contribution in [-0.2, 0) is 27.2 Å². The summed E-state index contributed by atoms with van der Waals surface area (Å²) in [6.45, 7) is 2.51. The summed E-state index contributed by atoms with van der Waals surface area (Å²) in [5.41, 5.74) is 2.75. The number of hydrogen-bond donors (Lipinski definition) is 1. The van der Waals surface area contributed by atoms with Crippen molar-refractivity contribution in [3.63, 3.8) is 0 Å². The third kappa shape index (κ3) is 3.00. The maximum atomic E-state index is 12.5. The van der Waals surface area contributed by atoms with Crippen molar-refractivity contribution in [2.75, 3.05) is 31.5 Å². The Balaban J connectivity index is 1.33. The molecule has 1 aromatic rings. The van der Waals surface area contributed by atoms with Crippen LogP contribution >= 0.6 is 0 Å². The lowest BCUT2D eigenvalue weighted by Gasteiger charge is -2.35. The maximum absolute atomic E-state index is 12.5. The minimum Gasteiger partial charge on any atom is -0.339 e. The van der Waals surface area contributed by atoms with Crippen molar-refractivity contribution < 1.29 is 14.4 Å². The molecule has 3 aliphatic rings. The Labute approximate surface area is 140 Å². The average molecular weight is 327 g/mol. The van der Waals surface area contributed by atoms with Crippen LogP contribution in [0.5, 0.6) is 0 Å². The second-order valence-electron chi connectivity index (χ2n) is 6.87. The Kier molecular flexibility index (Phi) is 3.75. The first-order valence-corrected chi connectivity index (χ1v) is 8.58. The van der Waals surface area contributed by atoms with Crippen molar-refractivity contribution >= 4 is 23.4 Å². The van der Waals surface area contributed by atoms with Gasteiger partial charge in [-0.1, -0.05) is 12.1 Å². The normalized spacial score (nSPS) is 19.9. The number of carbonyl (C=O) groups excluding carboxylic acids is 3. The maximum Gasteiger partial charge on any atom is 0.228 e. The molecule has 6 heteroatoms. The largest absolute Gasteiger partial charge is 0.339 e. The Morgan fingerprint density at radius 1 is 1.08 bits per heavy atom. The molecule has 0 radical (unpaired) electrons. The Morgan fingerprint density at radius 3 is 2.50 bits per heavy atom. The van der Waals surface area contributed by atoms with Crippen LogP contribution in [0.25, 0.3) is 0 Å². The number of nitrogens with zero attached hydrogens (tertiary/aromatic N) is 2. The summed E-state index contributed by atoms with van der Waals surface area (Å²) in [4.78, 5) is 39.7. The molecule has 3 amide bonds. The molecule has 1 saturated heterocycles. The number of amides is 3. The van der Waals surface area contributed by atoms with Crippen LogP contribution in [0.1, 0.15) is 24.0 Å². The van der Waals surface area contributed by atoms with E-state index in [1.807, 2.05) is 28.0 Å². The quantitative estimate of drug-likeness (QED) is 0.893. The zero-order valence-corrected chi connectivity index (χ0v) is 13.6. The summed E-state index contributed by atoms with van der Waals surface area (Å²) in [5, 5.41) is 2.80. The van der Waals surface area contributed by atoms with E-state index in [1.54, 1.807) is 0 Å². The van der Waals surface area contributed by atoms with Crippen LogP contribution in [0.4, 0.5) is 5.69 Å². The molecule has 2 fully saturated rings. The van der Waals surface area contributed by atoms with Gasteiger partial charge in [-0.25, -0.2) is 0 Å². The first-order valence-electron chi connectivity index (χ1n) is 8.58. The third-order valence-electron chi connectivity index (χ3n) is 5.02. The minimum absolute atomic E-state index is 0.00456. The van der Waals surface area contributed by atoms with Crippen molar-refractivity contribution in [2.24, 2.45) is 5.92 Å². The highest BCUT2D eigenvalue weighted by Crippen LogP contribution is 2.31. The molecule has 2 aliphatic heterocycles. The Morgan fingerprint density at radius 2 is 1.79 bits per heavy atom. The number of rotatable bonds is 3. The van der Waals surface area contributed by atoms with Gasteiger partial charge in [-0.2, -0.15) is 0 Å². The van der Waals surface area contributed by atoms with E-state index in [1.165, 1.54) is 0 Å². The molecule has 1 N–H and O–H groups in total. The topological polar surface area (TPSA) is 69.7 Å².